The summed E-state index contributed by atoms with van der Waals surface area (Å²) in [6.07, 6.45) is 1.40. The minimum atomic E-state index is -1.28. The average Bonchev–Trinajstić information content (AvgIpc) is 2.90. The van der Waals surface area contributed by atoms with Crippen LogP contribution in [0.25, 0.3) is 0 Å². The Labute approximate surface area is 119 Å². The fraction of sp³-hybridized carbons (Fsp3) is 0.0714. The maximum Gasteiger partial charge on any atom is 0.337 e. The fourth-order valence-corrected chi connectivity index (χ4v) is 1.74. The third-order valence-electron chi connectivity index (χ3n) is 2.82. The molecule has 0 spiro atoms. The number of phenols is 1. The van der Waals surface area contributed by atoms with Crippen molar-refractivity contribution in [1.29, 1.82) is 0 Å². The number of benzene rings is 1. The van der Waals surface area contributed by atoms with Crippen LogP contribution in [-0.4, -0.2) is 32.9 Å². The molecule has 0 unspecified atom stereocenters. The van der Waals surface area contributed by atoms with Gasteiger partial charge in [0.15, 0.2) is 5.78 Å². The van der Waals surface area contributed by atoms with E-state index >= 15 is 0 Å². The highest BCUT2D eigenvalue weighted by molar-refractivity contribution is 6.08. The zero-order valence-corrected chi connectivity index (χ0v) is 11.0. The molecule has 4 N–H and O–H groups in total. The predicted octanol–water partition coefficient (Wildman–Crippen LogP) is 1.87. The molecule has 0 aliphatic rings. The summed E-state index contributed by atoms with van der Waals surface area (Å²) in [5.41, 5.74) is 0.292. The summed E-state index contributed by atoms with van der Waals surface area (Å²) >= 11 is 0. The molecule has 21 heavy (non-hydrogen) atoms. The van der Waals surface area contributed by atoms with E-state index in [4.69, 9.17) is 5.11 Å². The van der Waals surface area contributed by atoms with Crippen LogP contribution in [0.15, 0.2) is 30.5 Å². The predicted molar refractivity (Wildman–Crippen MR) is 73.8 cm³/mol. The van der Waals surface area contributed by atoms with Crippen LogP contribution in [0.3, 0.4) is 0 Å². The number of carbonyl (C=O) groups is 3. The molecule has 1 amide bonds. The molecule has 1 aromatic carbocycles. The molecule has 0 radical (unpaired) electrons. The molecule has 2 aromatic rings. The number of aromatic nitrogens is 1. The second kappa shape index (κ2) is 5.49. The van der Waals surface area contributed by atoms with Crippen molar-refractivity contribution in [3.8, 4) is 5.75 Å². The largest absolute Gasteiger partial charge is 0.508 e. The Bertz CT molecular complexity index is 733. The Morgan fingerprint density at radius 2 is 1.90 bits per heavy atom. The third-order valence-corrected chi connectivity index (χ3v) is 2.82. The molecule has 1 heterocycles. The molecule has 0 aliphatic heterocycles. The number of H-pyrrole nitrogens is 1. The Hall–Kier alpha value is -3.09. The number of Topliss-reactive ketones (excluding diaryl/α,β-unsaturated/α-hetero) is 1. The van der Waals surface area contributed by atoms with Gasteiger partial charge in [0.2, 0.25) is 0 Å². The molecular weight excluding hydrogens is 276 g/mol. The molecule has 0 aliphatic carbocycles. The van der Waals surface area contributed by atoms with Crippen LogP contribution in [0.5, 0.6) is 5.75 Å². The zero-order chi connectivity index (χ0) is 15.6. The van der Waals surface area contributed by atoms with Gasteiger partial charge in [0.05, 0.1) is 11.3 Å². The van der Waals surface area contributed by atoms with Crippen LogP contribution in [0.1, 0.15) is 38.1 Å². The van der Waals surface area contributed by atoms with Gasteiger partial charge < -0.3 is 20.5 Å². The Balaban J connectivity index is 2.27. The first-order valence-corrected chi connectivity index (χ1v) is 5.95. The highest BCUT2D eigenvalue weighted by Gasteiger charge is 2.16. The summed E-state index contributed by atoms with van der Waals surface area (Å²) in [5, 5.41) is 20.7. The van der Waals surface area contributed by atoms with E-state index in [0.717, 1.165) is 6.07 Å². The minimum absolute atomic E-state index is 0.0456. The van der Waals surface area contributed by atoms with Crippen molar-refractivity contribution >= 4 is 23.3 Å². The number of amides is 1. The lowest BCUT2D eigenvalue weighted by Gasteiger charge is -2.07. The van der Waals surface area contributed by atoms with Crippen molar-refractivity contribution in [2.24, 2.45) is 0 Å². The summed E-state index contributed by atoms with van der Waals surface area (Å²) in [4.78, 5) is 36.9. The average molecular weight is 288 g/mol. The highest BCUT2D eigenvalue weighted by atomic mass is 16.4. The molecular formula is C14H12N2O5. The first-order valence-electron chi connectivity index (χ1n) is 5.95. The molecule has 1 aromatic heterocycles. The number of aromatic hydroxyl groups is 1. The number of hydrogen-bond acceptors (Lipinski definition) is 4. The normalized spacial score (nSPS) is 10.1. The monoisotopic (exact) mass is 288 g/mol. The van der Waals surface area contributed by atoms with E-state index in [1.807, 2.05) is 0 Å². The number of carbonyl (C=O) groups excluding carboxylic acids is 2. The number of phenolic OH excluding ortho intramolecular Hbond substituents is 1. The summed E-state index contributed by atoms with van der Waals surface area (Å²) < 4.78 is 0. The molecule has 0 saturated carbocycles. The molecule has 7 heteroatoms. The van der Waals surface area contributed by atoms with Gasteiger partial charge in [-0.15, -0.1) is 0 Å². The van der Waals surface area contributed by atoms with Gasteiger partial charge >= 0.3 is 5.97 Å². The SMILES string of the molecule is CC(=O)c1c[nH]c(C(=O)Nc2ccc(O)cc2C(=O)O)c1. The number of ketones is 1. The second-order valence-corrected chi connectivity index (χ2v) is 4.35. The number of nitrogens with one attached hydrogen (secondary N) is 2. The second-order valence-electron chi connectivity index (χ2n) is 4.35. The molecule has 2 rings (SSSR count). The number of hydrogen-bond donors (Lipinski definition) is 4. The summed E-state index contributed by atoms with van der Waals surface area (Å²) in [7, 11) is 0. The standard InChI is InChI=1S/C14H12N2O5/c1-7(17)8-4-12(15-6-8)13(19)16-11-3-2-9(18)5-10(11)14(20)21/h2-6,15,18H,1H3,(H,16,19)(H,20,21). The maximum absolute atomic E-state index is 12.0. The van der Waals surface area contributed by atoms with Crippen LogP contribution < -0.4 is 5.32 Å². The van der Waals surface area contributed by atoms with Gasteiger partial charge in [0, 0.05) is 11.8 Å². The van der Waals surface area contributed by atoms with Gasteiger partial charge in [-0.2, -0.15) is 0 Å². The van der Waals surface area contributed by atoms with Crippen LogP contribution in [0.4, 0.5) is 5.69 Å². The van der Waals surface area contributed by atoms with Crippen LogP contribution in [0, 0.1) is 0 Å². The lowest BCUT2D eigenvalue weighted by atomic mass is 10.1. The van der Waals surface area contributed by atoms with Crippen LogP contribution >= 0.6 is 0 Å². The Morgan fingerprint density at radius 1 is 1.19 bits per heavy atom. The van der Waals surface area contributed by atoms with Crippen LogP contribution in [-0.2, 0) is 0 Å². The first-order chi connectivity index (χ1) is 9.88. The molecule has 7 nitrogen and oxygen atoms in total. The van der Waals surface area contributed by atoms with Crippen molar-refractivity contribution < 1.29 is 24.6 Å². The van der Waals surface area contributed by atoms with E-state index in [2.05, 4.69) is 10.3 Å². The van der Waals surface area contributed by atoms with Gasteiger partial charge in [0.1, 0.15) is 11.4 Å². The van der Waals surface area contributed by atoms with Crippen LogP contribution in [0.2, 0.25) is 0 Å². The van der Waals surface area contributed by atoms with Gasteiger partial charge in [-0.25, -0.2) is 4.79 Å². The zero-order valence-electron chi connectivity index (χ0n) is 11.0. The van der Waals surface area contributed by atoms with Gasteiger partial charge in [-0.05, 0) is 31.2 Å². The van der Waals surface area contributed by atoms with E-state index in [-0.39, 0.29) is 28.5 Å². The van der Waals surface area contributed by atoms with E-state index in [0.29, 0.717) is 5.56 Å². The molecule has 0 bridgehead atoms. The summed E-state index contributed by atoms with van der Waals surface area (Å²) in [5.74, 6) is -2.28. The number of rotatable bonds is 4. The number of aromatic amines is 1. The van der Waals surface area contributed by atoms with Gasteiger partial charge in [0.25, 0.3) is 5.91 Å². The van der Waals surface area contributed by atoms with Crippen molar-refractivity contribution in [3.63, 3.8) is 0 Å². The summed E-state index contributed by atoms with van der Waals surface area (Å²) in [6.45, 7) is 1.37. The van der Waals surface area contributed by atoms with Gasteiger partial charge in [-0.3, -0.25) is 9.59 Å². The van der Waals surface area contributed by atoms with E-state index in [1.165, 1.54) is 31.3 Å². The maximum atomic E-state index is 12.0. The van der Waals surface area contributed by atoms with E-state index in [9.17, 15) is 19.5 Å². The van der Waals surface area contributed by atoms with Crippen molar-refractivity contribution in [1.82, 2.24) is 4.98 Å². The van der Waals surface area contributed by atoms with Crippen molar-refractivity contribution in [2.75, 3.05) is 5.32 Å². The quantitative estimate of drug-likeness (QED) is 0.505. The van der Waals surface area contributed by atoms with E-state index < -0.39 is 11.9 Å². The molecule has 0 fully saturated rings. The third kappa shape index (κ3) is 3.08. The van der Waals surface area contributed by atoms with Crippen molar-refractivity contribution in [2.45, 2.75) is 6.92 Å². The topological polar surface area (TPSA) is 119 Å². The first kappa shape index (κ1) is 14.3. The lowest BCUT2D eigenvalue weighted by molar-refractivity contribution is 0.0697. The Kier molecular flexibility index (Phi) is 3.75. The highest BCUT2D eigenvalue weighted by Crippen LogP contribution is 2.22. The number of carboxylic acids is 1. The fourth-order valence-electron chi connectivity index (χ4n) is 1.74. The summed E-state index contributed by atoms with van der Waals surface area (Å²) in [6, 6.07) is 4.95. The minimum Gasteiger partial charge on any atom is -0.508 e. The number of aromatic carboxylic acids is 1. The van der Waals surface area contributed by atoms with E-state index in [1.54, 1.807) is 0 Å². The molecule has 108 valence electrons. The van der Waals surface area contributed by atoms with Crippen molar-refractivity contribution in [3.05, 3.63) is 47.3 Å². The number of carboxylic acid groups (broad SMARTS) is 1. The van der Waals surface area contributed by atoms with Gasteiger partial charge in [-0.1, -0.05) is 0 Å². The molecule has 0 saturated heterocycles. The Morgan fingerprint density at radius 3 is 2.48 bits per heavy atom. The smallest absolute Gasteiger partial charge is 0.337 e. The molecule has 0 atom stereocenters. The number of anilines is 1. The lowest BCUT2D eigenvalue weighted by Crippen LogP contribution is -2.15.